The molecule has 1 saturated heterocycles. The lowest BCUT2D eigenvalue weighted by Gasteiger charge is -2.35. The van der Waals surface area contributed by atoms with Gasteiger partial charge < -0.3 is 4.90 Å². The quantitative estimate of drug-likeness (QED) is 0.726. The van der Waals surface area contributed by atoms with Crippen molar-refractivity contribution in [3.63, 3.8) is 0 Å². The van der Waals surface area contributed by atoms with E-state index in [0.29, 0.717) is 6.42 Å². The fourth-order valence-electron chi connectivity index (χ4n) is 3.63. The number of nitrogens with zero attached hydrogens (tertiary/aromatic N) is 4. The second-order valence-electron chi connectivity index (χ2n) is 6.66. The van der Waals surface area contributed by atoms with Crippen LogP contribution in [0.2, 0.25) is 0 Å². The molecule has 132 valence electrons. The molecule has 1 amide bonds. The molecule has 4 rings (SSSR count). The number of carbonyl (C=O) groups excluding carboxylic acids is 1. The van der Waals surface area contributed by atoms with Crippen LogP contribution in [0.25, 0.3) is 5.69 Å². The summed E-state index contributed by atoms with van der Waals surface area (Å²) in [5, 5.41) is 8.50. The number of amides is 1. The van der Waals surface area contributed by atoms with Crippen LogP contribution in [0.3, 0.4) is 0 Å². The molecular weight excluding hydrogens is 324 g/mol. The van der Waals surface area contributed by atoms with E-state index in [0.717, 1.165) is 42.9 Å². The number of hydrogen-bond donors (Lipinski definition) is 0. The SMILES string of the molecule is O=C(Cc1ccccc1)N1CCCCC1c1nncn1-c1ccccc1. The summed E-state index contributed by atoms with van der Waals surface area (Å²) in [7, 11) is 0. The van der Waals surface area contributed by atoms with Gasteiger partial charge in [-0.05, 0) is 37.0 Å². The van der Waals surface area contributed by atoms with Crippen molar-refractivity contribution in [1.29, 1.82) is 0 Å². The molecule has 1 fully saturated rings. The smallest absolute Gasteiger partial charge is 0.227 e. The van der Waals surface area contributed by atoms with Gasteiger partial charge in [0.15, 0.2) is 5.82 Å². The number of likely N-dealkylation sites (tertiary alicyclic amines) is 1. The van der Waals surface area contributed by atoms with Crippen LogP contribution in [-0.4, -0.2) is 32.1 Å². The summed E-state index contributed by atoms with van der Waals surface area (Å²) >= 11 is 0. The number of piperidine rings is 1. The number of benzene rings is 2. The van der Waals surface area contributed by atoms with E-state index in [1.165, 1.54) is 0 Å². The van der Waals surface area contributed by atoms with Crippen LogP contribution in [0.5, 0.6) is 0 Å². The first kappa shape index (κ1) is 16.5. The van der Waals surface area contributed by atoms with Gasteiger partial charge in [-0.3, -0.25) is 9.36 Å². The molecule has 0 bridgehead atoms. The van der Waals surface area contributed by atoms with E-state index in [4.69, 9.17) is 0 Å². The molecule has 2 aromatic carbocycles. The maximum Gasteiger partial charge on any atom is 0.227 e. The molecule has 1 unspecified atom stereocenters. The second kappa shape index (κ2) is 7.52. The lowest BCUT2D eigenvalue weighted by atomic mass is 10.00. The fourth-order valence-corrected chi connectivity index (χ4v) is 3.63. The highest BCUT2D eigenvalue weighted by molar-refractivity contribution is 5.79. The van der Waals surface area contributed by atoms with Crippen LogP contribution >= 0.6 is 0 Å². The third-order valence-electron chi connectivity index (χ3n) is 4.93. The van der Waals surface area contributed by atoms with Crippen LogP contribution < -0.4 is 0 Å². The standard InChI is InChI=1S/C21H22N4O/c26-20(15-17-9-3-1-4-10-17)24-14-8-7-13-19(24)21-23-22-16-25(21)18-11-5-2-6-12-18/h1-6,9-12,16,19H,7-8,13-15H2. The number of carbonyl (C=O) groups is 1. The summed E-state index contributed by atoms with van der Waals surface area (Å²) in [4.78, 5) is 15.0. The molecule has 3 aromatic rings. The van der Waals surface area contributed by atoms with Gasteiger partial charge in [0.1, 0.15) is 6.33 Å². The van der Waals surface area contributed by atoms with Gasteiger partial charge in [-0.1, -0.05) is 48.5 Å². The van der Waals surface area contributed by atoms with Crippen molar-refractivity contribution in [2.45, 2.75) is 31.7 Å². The summed E-state index contributed by atoms with van der Waals surface area (Å²) in [5.74, 6) is 1.00. The first-order valence-electron chi connectivity index (χ1n) is 9.11. The van der Waals surface area contributed by atoms with Gasteiger partial charge in [0, 0.05) is 12.2 Å². The Balaban J connectivity index is 1.61. The Labute approximate surface area is 153 Å². The third kappa shape index (κ3) is 3.38. The van der Waals surface area contributed by atoms with Gasteiger partial charge in [-0.15, -0.1) is 10.2 Å². The minimum Gasteiger partial charge on any atom is -0.332 e. The number of aromatic nitrogens is 3. The fraction of sp³-hybridized carbons (Fsp3) is 0.286. The van der Waals surface area contributed by atoms with Crippen LogP contribution in [0, 0.1) is 0 Å². The third-order valence-corrected chi connectivity index (χ3v) is 4.93. The van der Waals surface area contributed by atoms with Gasteiger partial charge in [-0.25, -0.2) is 0 Å². The van der Waals surface area contributed by atoms with E-state index in [-0.39, 0.29) is 11.9 Å². The molecule has 1 atom stereocenters. The summed E-state index contributed by atoms with van der Waals surface area (Å²) in [6, 6.07) is 20.0. The second-order valence-corrected chi connectivity index (χ2v) is 6.66. The summed E-state index contributed by atoms with van der Waals surface area (Å²) in [5.41, 5.74) is 2.07. The van der Waals surface area contributed by atoms with Gasteiger partial charge in [0.05, 0.1) is 12.5 Å². The van der Waals surface area contributed by atoms with Crippen molar-refractivity contribution in [2.24, 2.45) is 0 Å². The van der Waals surface area contributed by atoms with E-state index >= 15 is 0 Å². The lowest BCUT2D eigenvalue weighted by molar-refractivity contribution is -0.134. The highest BCUT2D eigenvalue weighted by atomic mass is 16.2. The van der Waals surface area contributed by atoms with E-state index in [9.17, 15) is 4.79 Å². The van der Waals surface area contributed by atoms with Crippen LogP contribution in [0.15, 0.2) is 67.0 Å². The van der Waals surface area contributed by atoms with Crippen LogP contribution in [-0.2, 0) is 11.2 Å². The Hall–Kier alpha value is -2.95. The lowest BCUT2D eigenvalue weighted by Crippen LogP contribution is -2.40. The first-order valence-corrected chi connectivity index (χ1v) is 9.11. The molecular formula is C21H22N4O. The van der Waals surface area contributed by atoms with Crippen molar-refractivity contribution >= 4 is 5.91 Å². The summed E-state index contributed by atoms with van der Waals surface area (Å²) in [6.07, 6.45) is 5.22. The monoisotopic (exact) mass is 346 g/mol. The maximum absolute atomic E-state index is 13.0. The Bertz CT molecular complexity index is 860. The zero-order valence-electron chi connectivity index (χ0n) is 14.7. The van der Waals surface area contributed by atoms with Gasteiger partial charge in [0.25, 0.3) is 0 Å². The minimum absolute atomic E-state index is 0.0253. The van der Waals surface area contributed by atoms with Crippen LogP contribution in [0.1, 0.15) is 36.7 Å². The topological polar surface area (TPSA) is 51.0 Å². The summed E-state index contributed by atoms with van der Waals surface area (Å²) < 4.78 is 2.00. The van der Waals surface area contributed by atoms with Crippen molar-refractivity contribution in [1.82, 2.24) is 19.7 Å². The van der Waals surface area contributed by atoms with Crippen LogP contribution in [0.4, 0.5) is 0 Å². The largest absolute Gasteiger partial charge is 0.332 e. The van der Waals surface area contributed by atoms with Gasteiger partial charge in [-0.2, -0.15) is 0 Å². The van der Waals surface area contributed by atoms with E-state index in [2.05, 4.69) is 10.2 Å². The molecule has 1 aromatic heterocycles. The number of para-hydroxylation sites is 1. The van der Waals surface area contributed by atoms with Gasteiger partial charge in [0.2, 0.25) is 5.91 Å². The average molecular weight is 346 g/mol. The van der Waals surface area contributed by atoms with Crippen molar-refractivity contribution in [3.8, 4) is 5.69 Å². The normalized spacial score (nSPS) is 17.2. The van der Waals surface area contributed by atoms with E-state index < -0.39 is 0 Å². The summed E-state index contributed by atoms with van der Waals surface area (Å²) in [6.45, 7) is 0.776. The van der Waals surface area contributed by atoms with Crippen molar-refractivity contribution in [2.75, 3.05) is 6.54 Å². The molecule has 5 nitrogen and oxygen atoms in total. The van der Waals surface area contributed by atoms with Crippen molar-refractivity contribution < 1.29 is 4.79 Å². The Morgan fingerprint density at radius 2 is 1.73 bits per heavy atom. The molecule has 1 aliphatic heterocycles. The van der Waals surface area contributed by atoms with E-state index in [1.807, 2.05) is 70.1 Å². The molecule has 0 saturated carbocycles. The van der Waals surface area contributed by atoms with E-state index in [1.54, 1.807) is 6.33 Å². The molecule has 1 aliphatic rings. The minimum atomic E-state index is -0.0253. The molecule has 26 heavy (non-hydrogen) atoms. The Kier molecular flexibility index (Phi) is 4.78. The number of hydrogen-bond acceptors (Lipinski definition) is 3. The van der Waals surface area contributed by atoms with Gasteiger partial charge >= 0.3 is 0 Å². The molecule has 5 heteroatoms. The predicted molar refractivity (Wildman–Crippen MR) is 99.8 cm³/mol. The molecule has 0 radical (unpaired) electrons. The van der Waals surface area contributed by atoms with Crippen molar-refractivity contribution in [3.05, 3.63) is 78.4 Å². The molecule has 2 heterocycles. The Morgan fingerprint density at radius 1 is 1.00 bits per heavy atom. The molecule has 0 aliphatic carbocycles. The highest BCUT2D eigenvalue weighted by Crippen LogP contribution is 2.31. The zero-order valence-corrected chi connectivity index (χ0v) is 14.7. The first-order chi connectivity index (χ1) is 12.8. The zero-order chi connectivity index (χ0) is 17.8. The predicted octanol–water partition coefficient (Wildman–Crippen LogP) is 3.56. The Morgan fingerprint density at radius 3 is 2.50 bits per heavy atom. The molecule has 0 N–H and O–H groups in total. The highest BCUT2D eigenvalue weighted by Gasteiger charge is 2.31. The number of rotatable bonds is 4. The molecule has 0 spiro atoms. The average Bonchev–Trinajstić information content (AvgIpc) is 3.19. The maximum atomic E-state index is 13.0.